The molecule has 1 aliphatic rings. The number of halogens is 2. The predicted octanol–water partition coefficient (Wildman–Crippen LogP) is 6.18. The van der Waals surface area contributed by atoms with Gasteiger partial charge in [0.25, 0.3) is 11.6 Å². The maximum atomic E-state index is 13.6. The number of amides is 1. The van der Waals surface area contributed by atoms with E-state index in [4.69, 9.17) is 23.2 Å². The highest BCUT2D eigenvalue weighted by Gasteiger charge is 2.36. The van der Waals surface area contributed by atoms with Crippen LogP contribution < -0.4 is 10.6 Å². The molecule has 170 valence electrons. The van der Waals surface area contributed by atoms with E-state index in [1.807, 2.05) is 28.8 Å². The van der Waals surface area contributed by atoms with Crippen LogP contribution >= 0.6 is 23.2 Å². The van der Waals surface area contributed by atoms with E-state index in [-0.39, 0.29) is 11.6 Å². The standard InChI is InChI=1S/C24H17Cl2N5O3/c1-13-21(23(32)28-15-8-6-14(25)7-9-15)22(17-12-16(31(33)34)10-11-18(17)26)30-20-5-3-2-4-19(20)29-24(30)27-13/h2-12,22H,1H3,(H,27,29)(H,28,32)/t22-/m1/s1. The molecule has 5 rings (SSSR count). The topological polar surface area (TPSA) is 102 Å². The average Bonchev–Trinajstić information content (AvgIpc) is 3.17. The summed E-state index contributed by atoms with van der Waals surface area (Å²) in [5, 5.41) is 18.5. The van der Waals surface area contributed by atoms with Gasteiger partial charge in [0.05, 0.1) is 27.6 Å². The molecule has 1 amide bonds. The van der Waals surface area contributed by atoms with Crippen LogP contribution in [0.4, 0.5) is 17.3 Å². The second-order valence-electron chi connectivity index (χ2n) is 7.78. The van der Waals surface area contributed by atoms with Crippen molar-refractivity contribution in [3.63, 3.8) is 0 Å². The maximum absolute atomic E-state index is 13.6. The van der Waals surface area contributed by atoms with Crippen molar-refractivity contribution in [2.45, 2.75) is 13.0 Å². The zero-order valence-electron chi connectivity index (χ0n) is 17.8. The fourth-order valence-corrected chi connectivity index (χ4v) is 4.49. The molecule has 2 heterocycles. The highest BCUT2D eigenvalue weighted by Crippen LogP contribution is 2.42. The highest BCUT2D eigenvalue weighted by molar-refractivity contribution is 6.31. The van der Waals surface area contributed by atoms with Gasteiger partial charge in [-0.2, -0.15) is 0 Å². The largest absolute Gasteiger partial charge is 0.329 e. The first-order valence-corrected chi connectivity index (χ1v) is 11.0. The molecule has 0 fully saturated rings. The van der Waals surface area contributed by atoms with E-state index in [1.54, 1.807) is 31.2 Å². The number of allylic oxidation sites excluding steroid dienone is 1. The number of anilines is 2. The molecule has 0 aliphatic carbocycles. The van der Waals surface area contributed by atoms with Gasteiger partial charge in [-0.15, -0.1) is 0 Å². The first-order chi connectivity index (χ1) is 16.3. The van der Waals surface area contributed by atoms with E-state index < -0.39 is 11.0 Å². The normalized spacial score (nSPS) is 15.1. The molecule has 3 aromatic carbocycles. The van der Waals surface area contributed by atoms with Crippen LogP contribution in [0.2, 0.25) is 10.0 Å². The van der Waals surface area contributed by atoms with Crippen LogP contribution in [0.5, 0.6) is 0 Å². The molecule has 34 heavy (non-hydrogen) atoms. The summed E-state index contributed by atoms with van der Waals surface area (Å²) in [6.07, 6.45) is 0. The number of nitrogens with one attached hydrogen (secondary N) is 2. The maximum Gasteiger partial charge on any atom is 0.269 e. The number of para-hydroxylation sites is 2. The number of imidazole rings is 1. The molecule has 0 saturated heterocycles. The molecule has 10 heteroatoms. The van der Waals surface area contributed by atoms with E-state index in [0.29, 0.717) is 44.0 Å². The van der Waals surface area contributed by atoms with Gasteiger partial charge in [-0.05, 0) is 49.4 Å². The Kier molecular flexibility index (Phi) is 5.47. The first kappa shape index (κ1) is 21.9. The number of hydrogen-bond donors (Lipinski definition) is 2. The lowest BCUT2D eigenvalue weighted by Gasteiger charge is -2.31. The Labute approximate surface area is 204 Å². The molecule has 1 atom stereocenters. The number of carbonyl (C=O) groups excluding carboxylic acids is 1. The molecule has 0 radical (unpaired) electrons. The van der Waals surface area contributed by atoms with Crippen LogP contribution in [0.3, 0.4) is 0 Å². The van der Waals surface area contributed by atoms with Crippen LogP contribution in [0.25, 0.3) is 11.0 Å². The summed E-state index contributed by atoms with van der Waals surface area (Å²) >= 11 is 12.5. The van der Waals surface area contributed by atoms with Crippen molar-refractivity contribution in [1.29, 1.82) is 0 Å². The molecule has 0 spiro atoms. The lowest BCUT2D eigenvalue weighted by atomic mass is 9.93. The SMILES string of the molecule is CC1=C(C(=O)Nc2ccc(Cl)cc2)[C@@H](c2cc([N+](=O)[O-])ccc2Cl)n2c(nc3ccccc32)N1. The quantitative estimate of drug-likeness (QED) is 0.261. The van der Waals surface area contributed by atoms with Crippen molar-refractivity contribution in [3.8, 4) is 0 Å². The van der Waals surface area contributed by atoms with Crippen LogP contribution in [-0.2, 0) is 4.79 Å². The van der Waals surface area contributed by atoms with Gasteiger partial charge in [0.2, 0.25) is 5.95 Å². The number of hydrogen-bond acceptors (Lipinski definition) is 5. The number of fused-ring (bicyclic) bond motifs is 3. The van der Waals surface area contributed by atoms with E-state index in [1.165, 1.54) is 18.2 Å². The third kappa shape index (κ3) is 3.76. The Morgan fingerprint density at radius 3 is 2.59 bits per heavy atom. The smallest absolute Gasteiger partial charge is 0.269 e. The molecule has 8 nitrogen and oxygen atoms in total. The number of benzene rings is 3. The van der Waals surface area contributed by atoms with Crippen LogP contribution in [0, 0.1) is 10.1 Å². The second kappa shape index (κ2) is 8.48. The molecule has 4 aromatic rings. The van der Waals surface area contributed by atoms with E-state index in [0.717, 1.165) is 5.52 Å². The van der Waals surface area contributed by atoms with Crippen molar-refractivity contribution >= 4 is 57.5 Å². The van der Waals surface area contributed by atoms with Crippen molar-refractivity contribution in [3.05, 3.63) is 104 Å². The molecule has 1 aliphatic heterocycles. The average molecular weight is 494 g/mol. The number of nitro benzene ring substituents is 1. The van der Waals surface area contributed by atoms with Crippen molar-refractivity contribution in [1.82, 2.24) is 9.55 Å². The summed E-state index contributed by atoms with van der Waals surface area (Å²) in [6.45, 7) is 1.76. The fourth-order valence-electron chi connectivity index (χ4n) is 4.14. The lowest BCUT2D eigenvalue weighted by Crippen LogP contribution is -2.31. The van der Waals surface area contributed by atoms with Crippen molar-refractivity contribution < 1.29 is 9.72 Å². The van der Waals surface area contributed by atoms with Gasteiger partial charge < -0.3 is 10.6 Å². The number of rotatable bonds is 4. The Hall–Kier alpha value is -3.88. The lowest BCUT2D eigenvalue weighted by molar-refractivity contribution is -0.384. The Morgan fingerprint density at radius 2 is 1.85 bits per heavy atom. The summed E-state index contributed by atoms with van der Waals surface area (Å²) < 4.78 is 1.84. The zero-order chi connectivity index (χ0) is 24.0. The van der Waals surface area contributed by atoms with Gasteiger partial charge in [0.15, 0.2) is 0 Å². The van der Waals surface area contributed by atoms with Gasteiger partial charge in [-0.25, -0.2) is 4.98 Å². The molecule has 1 aromatic heterocycles. The van der Waals surface area contributed by atoms with Gasteiger partial charge in [0, 0.05) is 39.1 Å². The highest BCUT2D eigenvalue weighted by atomic mass is 35.5. The summed E-state index contributed by atoms with van der Waals surface area (Å²) in [7, 11) is 0. The van der Waals surface area contributed by atoms with Crippen LogP contribution in [0.15, 0.2) is 78.0 Å². The number of non-ortho nitro benzene ring substituents is 1. The minimum absolute atomic E-state index is 0.126. The summed E-state index contributed by atoms with van der Waals surface area (Å²) in [4.78, 5) is 29.3. The molecule has 0 bridgehead atoms. The van der Waals surface area contributed by atoms with Crippen molar-refractivity contribution in [2.75, 3.05) is 10.6 Å². The third-order valence-corrected chi connectivity index (χ3v) is 6.26. The number of carbonyl (C=O) groups is 1. The Balaban J connectivity index is 1.71. The second-order valence-corrected chi connectivity index (χ2v) is 8.63. The Morgan fingerprint density at radius 1 is 1.12 bits per heavy atom. The number of nitrogens with zero attached hydrogens (tertiary/aromatic N) is 3. The number of nitro groups is 1. The van der Waals surface area contributed by atoms with E-state index >= 15 is 0 Å². The first-order valence-electron chi connectivity index (χ1n) is 10.3. The van der Waals surface area contributed by atoms with E-state index in [2.05, 4.69) is 15.6 Å². The predicted molar refractivity (Wildman–Crippen MR) is 132 cm³/mol. The minimum Gasteiger partial charge on any atom is -0.329 e. The molecular weight excluding hydrogens is 477 g/mol. The number of aromatic nitrogens is 2. The summed E-state index contributed by atoms with van der Waals surface area (Å²) in [5.41, 5.74) is 3.22. The van der Waals surface area contributed by atoms with Gasteiger partial charge in [0.1, 0.15) is 0 Å². The van der Waals surface area contributed by atoms with Gasteiger partial charge in [-0.1, -0.05) is 35.3 Å². The fraction of sp³-hybridized carbons (Fsp3) is 0.0833. The molecular formula is C24H17Cl2N5O3. The summed E-state index contributed by atoms with van der Waals surface area (Å²) in [6, 6.07) is 17.7. The van der Waals surface area contributed by atoms with Crippen molar-refractivity contribution in [2.24, 2.45) is 0 Å². The van der Waals surface area contributed by atoms with Crippen LogP contribution in [-0.4, -0.2) is 20.4 Å². The Bertz CT molecular complexity index is 1490. The zero-order valence-corrected chi connectivity index (χ0v) is 19.3. The van der Waals surface area contributed by atoms with E-state index in [9.17, 15) is 14.9 Å². The third-order valence-electron chi connectivity index (χ3n) is 5.66. The van der Waals surface area contributed by atoms with Crippen LogP contribution in [0.1, 0.15) is 18.5 Å². The molecule has 2 N–H and O–H groups in total. The minimum atomic E-state index is -0.761. The molecule has 0 unspecified atom stereocenters. The monoisotopic (exact) mass is 493 g/mol. The summed E-state index contributed by atoms with van der Waals surface area (Å²) in [5.74, 6) is 0.123. The van der Waals surface area contributed by atoms with Gasteiger partial charge >= 0.3 is 0 Å². The molecule has 0 saturated carbocycles. The van der Waals surface area contributed by atoms with Gasteiger partial charge in [-0.3, -0.25) is 19.5 Å².